The molecule has 2 aromatic rings. The Morgan fingerprint density at radius 1 is 1.32 bits per heavy atom. The molecule has 0 aliphatic rings. The molecule has 5 heteroatoms. The number of hydrogen-bond acceptors (Lipinski definition) is 4. The molecule has 0 atom stereocenters. The summed E-state index contributed by atoms with van der Waals surface area (Å²) in [7, 11) is 0. The van der Waals surface area contributed by atoms with Crippen molar-refractivity contribution in [2.75, 3.05) is 6.61 Å². The summed E-state index contributed by atoms with van der Waals surface area (Å²) in [4.78, 5) is 0. The van der Waals surface area contributed by atoms with E-state index < -0.39 is 0 Å². The zero-order chi connectivity index (χ0) is 15.9. The molecule has 0 saturated heterocycles. The summed E-state index contributed by atoms with van der Waals surface area (Å²) >= 11 is 0. The van der Waals surface area contributed by atoms with E-state index in [9.17, 15) is 5.11 Å². The van der Waals surface area contributed by atoms with Crippen molar-refractivity contribution in [2.45, 2.75) is 46.8 Å². The number of ether oxygens (including phenoxy) is 1. The monoisotopic (exact) mass is 303 g/mol. The SMILES string of the molecule is Cc1cccc(OCCCn2nnc(CO)c2CC(C)C)c1. The Balaban J connectivity index is 1.87. The Morgan fingerprint density at radius 3 is 2.82 bits per heavy atom. The number of hydrogen-bond donors (Lipinski definition) is 1. The molecule has 2 rings (SSSR count). The number of benzene rings is 1. The summed E-state index contributed by atoms with van der Waals surface area (Å²) in [6.07, 6.45) is 1.73. The third-order valence-corrected chi connectivity index (χ3v) is 3.44. The summed E-state index contributed by atoms with van der Waals surface area (Å²) in [5.41, 5.74) is 2.92. The molecule has 0 spiro atoms. The van der Waals surface area contributed by atoms with E-state index in [1.807, 2.05) is 22.9 Å². The maximum atomic E-state index is 9.35. The lowest BCUT2D eigenvalue weighted by Crippen LogP contribution is -2.11. The van der Waals surface area contributed by atoms with Gasteiger partial charge in [-0.15, -0.1) is 5.10 Å². The highest BCUT2D eigenvalue weighted by molar-refractivity contribution is 5.27. The van der Waals surface area contributed by atoms with E-state index in [1.54, 1.807) is 0 Å². The molecule has 0 amide bonds. The first-order valence-electron chi connectivity index (χ1n) is 7.81. The van der Waals surface area contributed by atoms with Gasteiger partial charge >= 0.3 is 0 Å². The highest BCUT2D eigenvalue weighted by Gasteiger charge is 2.13. The lowest BCUT2D eigenvalue weighted by Gasteiger charge is -2.10. The number of aromatic nitrogens is 3. The van der Waals surface area contributed by atoms with Gasteiger partial charge in [0.2, 0.25) is 0 Å². The van der Waals surface area contributed by atoms with Crippen LogP contribution >= 0.6 is 0 Å². The molecular weight excluding hydrogens is 278 g/mol. The predicted molar refractivity (Wildman–Crippen MR) is 85.8 cm³/mol. The van der Waals surface area contributed by atoms with Crippen LogP contribution in [0.2, 0.25) is 0 Å². The molecule has 120 valence electrons. The molecule has 1 heterocycles. The molecule has 0 saturated carbocycles. The van der Waals surface area contributed by atoms with Crippen LogP contribution < -0.4 is 4.74 Å². The van der Waals surface area contributed by atoms with Gasteiger partial charge in [-0.25, -0.2) is 4.68 Å². The van der Waals surface area contributed by atoms with Crippen LogP contribution in [0, 0.1) is 12.8 Å². The fourth-order valence-electron chi connectivity index (χ4n) is 2.39. The van der Waals surface area contributed by atoms with Crippen molar-refractivity contribution in [1.29, 1.82) is 0 Å². The van der Waals surface area contributed by atoms with Crippen LogP contribution in [-0.2, 0) is 19.6 Å². The van der Waals surface area contributed by atoms with E-state index in [-0.39, 0.29) is 6.61 Å². The van der Waals surface area contributed by atoms with E-state index in [1.165, 1.54) is 5.56 Å². The third-order valence-electron chi connectivity index (χ3n) is 3.44. The standard InChI is InChI=1S/C17H25N3O2/c1-13(2)10-17-16(12-21)18-19-20(17)8-5-9-22-15-7-4-6-14(3)11-15/h4,6-7,11,13,21H,5,8-10,12H2,1-3H3. The number of aliphatic hydroxyl groups excluding tert-OH is 1. The molecule has 0 unspecified atom stereocenters. The Morgan fingerprint density at radius 2 is 2.14 bits per heavy atom. The first kappa shape index (κ1) is 16.5. The second-order valence-corrected chi connectivity index (χ2v) is 5.98. The van der Waals surface area contributed by atoms with Crippen molar-refractivity contribution < 1.29 is 9.84 Å². The van der Waals surface area contributed by atoms with Gasteiger partial charge in [0.25, 0.3) is 0 Å². The van der Waals surface area contributed by atoms with Gasteiger partial charge in [-0.05, 0) is 37.0 Å². The number of nitrogens with zero attached hydrogens (tertiary/aromatic N) is 3. The zero-order valence-corrected chi connectivity index (χ0v) is 13.6. The zero-order valence-electron chi connectivity index (χ0n) is 13.6. The van der Waals surface area contributed by atoms with Crippen LogP contribution in [0.1, 0.15) is 37.2 Å². The summed E-state index contributed by atoms with van der Waals surface area (Å²) in [5.74, 6) is 1.41. The van der Waals surface area contributed by atoms with Gasteiger partial charge in [0.1, 0.15) is 11.4 Å². The number of aryl methyl sites for hydroxylation is 2. The fraction of sp³-hybridized carbons (Fsp3) is 0.529. The van der Waals surface area contributed by atoms with Gasteiger partial charge in [-0.1, -0.05) is 31.2 Å². The molecule has 5 nitrogen and oxygen atoms in total. The first-order chi connectivity index (χ1) is 10.6. The van der Waals surface area contributed by atoms with Crippen LogP contribution in [0.5, 0.6) is 5.75 Å². The Kier molecular flexibility index (Phi) is 5.95. The Labute approximate surface area is 131 Å². The van der Waals surface area contributed by atoms with E-state index >= 15 is 0 Å². The minimum Gasteiger partial charge on any atom is -0.494 e. The minimum atomic E-state index is -0.0537. The van der Waals surface area contributed by atoms with E-state index in [4.69, 9.17) is 4.74 Å². The van der Waals surface area contributed by atoms with Crippen LogP contribution in [0.4, 0.5) is 0 Å². The molecule has 1 N–H and O–H groups in total. The third kappa shape index (κ3) is 4.56. The molecular formula is C17H25N3O2. The molecule has 1 aromatic carbocycles. The van der Waals surface area contributed by atoms with E-state index in [2.05, 4.69) is 37.1 Å². The topological polar surface area (TPSA) is 60.2 Å². The van der Waals surface area contributed by atoms with Crippen LogP contribution in [0.3, 0.4) is 0 Å². The van der Waals surface area contributed by atoms with Gasteiger partial charge < -0.3 is 9.84 Å². The van der Waals surface area contributed by atoms with Crippen LogP contribution in [0.25, 0.3) is 0 Å². The number of rotatable bonds is 8. The molecule has 0 aliphatic heterocycles. The molecule has 0 fully saturated rings. The normalized spacial score (nSPS) is 11.1. The largest absolute Gasteiger partial charge is 0.494 e. The fourth-order valence-corrected chi connectivity index (χ4v) is 2.39. The van der Waals surface area contributed by atoms with Crippen molar-refractivity contribution in [3.8, 4) is 5.75 Å². The highest BCUT2D eigenvalue weighted by atomic mass is 16.5. The molecule has 0 aliphatic carbocycles. The van der Waals surface area contributed by atoms with Crippen LogP contribution in [-0.4, -0.2) is 26.7 Å². The van der Waals surface area contributed by atoms with Crippen molar-refractivity contribution in [2.24, 2.45) is 5.92 Å². The van der Waals surface area contributed by atoms with Gasteiger partial charge in [-0.2, -0.15) is 0 Å². The van der Waals surface area contributed by atoms with Crippen molar-refractivity contribution in [1.82, 2.24) is 15.0 Å². The summed E-state index contributed by atoms with van der Waals surface area (Å²) in [6, 6.07) is 8.05. The smallest absolute Gasteiger partial charge is 0.119 e. The molecule has 0 bridgehead atoms. The maximum absolute atomic E-state index is 9.35. The van der Waals surface area contributed by atoms with Crippen molar-refractivity contribution in [3.05, 3.63) is 41.2 Å². The highest BCUT2D eigenvalue weighted by Crippen LogP contribution is 2.14. The average Bonchev–Trinajstić information content (AvgIpc) is 2.85. The van der Waals surface area contributed by atoms with Gasteiger partial charge in [0, 0.05) is 13.0 Å². The van der Waals surface area contributed by atoms with E-state index in [0.29, 0.717) is 18.2 Å². The second kappa shape index (κ2) is 7.94. The quantitative estimate of drug-likeness (QED) is 0.762. The molecule has 0 radical (unpaired) electrons. The van der Waals surface area contributed by atoms with E-state index in [0.717, 1.165) is 30.8 Å². The Hall–Kier alpha value is -1.88. The van der Waals surface area contributed by atoms with Crippen LogP contribution in [0.15, 0.2) is 24.3 Å². The van der Waals surface area contributed by atoms with Crippen molar-refractivity contribution >= 4 is 0 Å². The first-order valence-corrected chi connectivity index (χ1v) is 7.81. The van der Waals surface area contributed by atoms with Gasteiger partial charge in [0.15, 0.2) is 0 Å². The predicted octanol–water partition coefficient (Wildman–Crippen LogP) is 2.75. The Bertz CT molecular complexity index is 593. The summed E-state index contributed by atoms with van der Waals surface area (Å²) in [6.45, 7) is 7.69. The summed E-state index contributed by atoms with van der Waals surface area (Å²) < 4.78 is 7.65. The molecule has 1 aromatic heterocycles. The van der Waals surface area contributed by atoms with Crippen molar-refractivity contribution in [3.63, 3.8) is 0 Å². The minimum absolute atomic E-state index is 0.0537. The maximum Gasteiger partial charge on any atom is 0.119 e. The molecule has 22 heavy (non-hydrogen) atoms. The lowest BCUT2D eigenvalue weighted by molar-refractivity contribution is 0.274. The summed E-state index contributed by atoms with van der Waals surface area (Å²) in [5, 5.41) is 17.6. The lowest BCUT2D eigenvalue weighted by atomic mass is 10.1. The second-order valence-electron chi connectivity index (χ2n) is 5.98. The van der Waals surface area contributed by atoms with Gasteiger partial charge in [0.05, 0.1) is 18.9 Å². The number of aliphatic hydroxyl groups is 1. The average molecular weight is 303 g/mol. The van der Waals surface area contributed by atoms with Gasteiger partial charge in [-0.3, -0.25) is 0 Å².